The molecule has 2 fully saturated rings. The number of anilines is 1. The Labute approximate surface area is 182 Å². The van der Waals surface area contributed by atoms with Gasteiger partial charge < -0.3 is 19.7 Å². The van der Waals surface area contributed by atoms with Crippen LogP contribution in [-0.2, 0) is 9.53 Å². The summed E-state index contributed by atoms with van der Waals surface area (Å²) in [5, 5.41) is 2.92. The van der Waals surface area contributed by atoms with Crippen molar-refractivity contribution >= 4 is 17.6 Å². The van der Waals surface area contributed by atoms with E-state index in [-0.39, 0.29) is 23.8 Å². The van der Waals surface area contributed by atoms with Gasteiger partial charge in [0.15, 0.2) is 0 Å². The lowest BCUT2D eigenvalue weighted by Gasteiger charge is -2.31. The smallest absolute Gasteiger partial charge is 0.257 e. The van der Waals surface area contributed by atoms with Gasteiger partial charge in [-0.15, -0.1) is 0 Å². The van der Waals surface area contributed by atoms with Crippen LogP contribution in [-0.4, -0.2) is 54.1 Å². The number of carbonyl (C=O) groups is 2. The molecule has 0 unspecified atom stereocenters. The van der Waals surface area contributed by atoms with Crippen LogP contribution in [0.25, 0.3) is 0 Å². The number of ether oxygens (including phenoxy) is 2. The predicted molar refractivity (Wildman–Crippen MR) is 117 cm³/mol. The number of amides is 2. The maximum Gasteiger partial charge on any atom is 0.257 e. The average molecular weight is 424 g/mol. The van der Waals surface area contributed by atoms with Crippen molar-refractivity contribution in [3.8, 4) is 5.75 Å². The molecule has 3 heterocycles. The zero-order valence-electron chi connectivity index (χ0n) is 17.9. The third-order valence-corrected chi connectivity index (χ3v) is 5.97. The van der Waals surface area contributed by atoms with Crippen molar-refractivity contribution in [2.45, 2.75) is 38.7 Å². The first kappa shape index (κ1) is 21.3. The van der Waals surface area contributed by atoms with Gasteiger partial charge in [-0.25, -0.2) is 4.98 Å². The Bertz CT molecular complexity index is 919. The molecule has 2 saturated heterocycles. The van der Waals surface area contributed by atoms with Crippen LogP contribution in [0.4, 0.5) is 5.82 Å². The van der Waals surface area contributed by atoms with Gasteiger partial charge in [0, 0.05) is 31.8 Å². The maximum absolute atomic E-state index is 13.1. The fourth-order valence-corrected chi connectivity index (χ4v) is 4.08. The topological polar surface area (TPSA) is 80.8 Å². The lowest BCUT2D eigenvalue weighted by Crippen LogP contribution is -2.41. The molecular formula is C24H29N3O4. The summed E-state index contributed by atoms with van der Waals surface area (Å²) >= 11 is 0. The van der Waals surface area contributed by atoms with E-state index < -0.39 is 0 Å². The number of nitrogens with zero attached hydrogens (tertiary/aromatic N) is 2. The van der Waals surface area contributed by atoms with Crippen LogP contribution < -0.4 is 10.1 Å². The molecule has 7 heteroatoms. The molecule has 1 N–H and O–H groups in total. The number of pyridine rings is 1. The second-order valence-electron chi connectivity index (χ2n) is 8.17. The second kappa shape index (κ2) is 9.92. The number of aromatic nitrogens is 1. The van der Waals surface area contributed by atoms with E-state index in [4.69, 9.17) is 9.47 Å². The van der Waals surface area contributed by atoms with Gasteiger partial charge in [0.05, 0.1) is 11.7 Å². The number of aryl methyl sites for hydroxylation is 1. The summed E-state index contributed by atoms with van der Waals surface area (Å²) in [7, 11) is 0. The minimum atomic E-state index is -0.128. The number of rotatable bonds is 6. The molecule has 0 saturated carbocycles. The van der Waals surface area contributed by atoms with E-state index in [1.54, 1.807) is 12.3 Å². The van der Waals surface area contributed by atoms with Crippen molar-refractivity contribution in [1.82, 2.24) is 9.88 Å². The van der Waals surface area contributed by atoms with Gasteiger partial charge >= 0.3 is 0 Å². The van der Waals surface area contributed by atoms with Gasteiger partial charge in [-0.05, 0) is 56.4 Å². The summed E-state index contributed by atoms with van der Waals surface area (Å²) in [6, 6.07) is 11.1. The normalized spacial score (nSPS) is 19.3. The number of carbonyl (C=O) groups excluding carboxylic acids is 2. The Kier molecular flexibility index (Phi) is 6.82. The molecule has 2 aliphatic rings. The van der Waals surface area contributed by atoms with Crippen molar-refractivity contribution in [1.29, 1.82) is 0 Å². The predicted octanol–water partition coefficient (Wildman–Crippen LogP) is 3.44. The van der Waals surface area contributed by atoms with Gasteiger partial charge in [0.2, 0.25) is 5.91 Å². The number of piperidine rings is 1. The van der Waals surface area contributed by atoms with Crippen LogP contribution >= 0.6 is 0 Å². The highest BCUT2D eigenvalue weighted by molar-refractivity contribution is 5.97. The molecule has 2 aromatic rings. The molecule has 2 amide bonds. The van der Waals surface area contributed by atoms with E-state index in [1.807, 2.05) is 42.2 Å². The van der Waals surface area contributed by atoms with Crippen molar-refractivity contribution in [2.24, 2.45) is 5.92 Å². The van der Waals surface area contributed by atoms with E-state index in [9.17, 15) is 9.59 Å². The molecule has 1 aromatic carbocycles. The van der Waals surface area contributed by atoms with Crippen molar-refractivity contribution in [3.63, 3.8) is 0 Å². The van der Waals surface area contributed by atoms with Crippen molar-refractivity contribution < 1.29 is 19.1 Å². The van der Waals surface area contributed by atoms with Crippen LogP contribution in [0.5, 0.6) is 5.75 Å². The molecule has 2 aliphatic heterocycles. The van der Waals surface area contributed by atoms with Gasteiger partial charge in [-0.1, -0.05) is 18.2 Å². The first-order valence-corrected chi connectivity index (χ1v) is 11.0. The summed E-state index contributed by atoms with van der Waals surface area (Å²) in [5.41, 5.74) is 1.50. The van der Waals surface area contributed by atoms with Crippen molar-refractivity contribution in [3.05, 3.63) is 53.7 Å². The van der Waals surface area contributed by atoms with Crippen molar-refractivity contribution in [2.75, 3.05) is 31.6 Å². The summed E-state index contributed by atoms with van der Waals surface area (Å²) in [6.45, 7) is 4.23. The number of hydrogen-bond donors (Lipinski definition) is 1. The quantitative estimate of drug-likeness (QED) is 0.770. The zero-order chi connectivity index (χ0) is 21.6. The van der Waals surface area contributed by atoms with Gasteiger partial charge in [-0.3, -0.25) is 9.59 Å². The Hall–Kier alpha value is -2.93. The number of nitrogens with one attached hydrogen (secondary N) is 1. The SMILES string of the molecule is Cc1cccnc1NC(=O)C1CCN(C(=O)c2ccccc2OC[C@@H]2CCCO2)CC1. The van der Waals surface area contributed by atoms with Gasteiger partial charge in [0.25, 0.3) is 5.91 Å². The van der Waals surface area contributed by atoms with Crippen LogP contribution in [0.1, 0.15) is 41.6 Å². The molecule has 1 aromatic heterocycles. The first-order chi connectivity index (χ1) is 15.1. The Morgan fingerprint density at radius 1 is 1.16 bits per heavy atom. The Morgan fingerprint density at radius 3 is 2.71 bits per heavy atom. The minimum Gasteiger partial charge on any atom is -0.490 e. The monoisotopic (exact) mass is 423 g/mol. The van der Waals surface area contributed by atoms with Gasteiger partial charge in [-0.2, -0.15) is 0 Å². The third kappa shape index (κ3) is 5.22. The number of benzene rings is 1. The van der Waals surface area contributed by atoms with Crippen LogP contribution in [0, 0.1) is 12.8 Å². The van der Waals surface area contributed by atoms with E-state index in [1.165, 1.54) is 0 Å². The standard InChI is InChI=1S/C24H29N3O4/c1-17-6-4-12-25-22(17)26-23(28)18-10-13-27(14-11-18)24(29)20-8-2-3-9-21(20)31-16-19-7-5-15-30-19/h2-4,6,8-9,12,18-19H,5,7,10-11,13-16H2,1H3,(H,25,26,28)/t19-/m0/s1. The molecule has 0 aliphatic carbocycles. The Morgan fingerprint density at radius 2 is 1.97 bits per heavy atom. The molecule has 1 atom stereocenters. The van der Waals surface area contributed by atoms with Crippen LogP contribution in [0.15, 0.2) is 42.6 Å². The molecule has 164 valence electrons. The van der Waals surface area contributed by atoms with E-state index in [0.717, 1.165) is 25.0 Å². The zero-order valence-corrected chi connectivity index (χ0v) is 17.9. The highest BCUT2D eigenvalue weighted by atomic mass is 16.5. The maximum atomic E-state index is 13.1. The van der Waals surface area contributed by atoms with E-state index in [2.05, 4.69) is 10.3 Å². The highest BCUT2D eigenvalue weighted by Crippen LogP contribution is 2.25. The summed E-state index contributed by atoms with van der Waals surface area (Å²) in [5.74, 6) is 0.977. The number of hydrogen-bond acceptors (Lipinski definition) is 5. The third-order valence-electron chi connectivity index (χ3n) is 5.97. The number of para-hydroxylation sites is 1. The summed E-state index contributed by atoms with van der Waals surface area (Å²) in [4.78, 5) is 31.8. The van der Waals surface area contributed by atoms with E-state index >= 15 is 0 Å². The lowest BCUT2D eigenvalue weighted by molar-refractivity contribution is -0.121. The van der Waals surface area contributed by atoms with Crippen LogP contribution in [0.3, 0.4) is 0 Å². The molecule has 0 spiro atoms. The molecular weight excluding hydrogens is 394 g/mol. The second-order valence-corrected chi connectivity index (χ2v) is 8.17. The molecule has 0 bridgehead atoms. The first-order valence-electron chi connectivity index (χ1n) is 11.0. The minimum absolute atomic E-state index is 0.0332. The average Bonchev–Trinajstić information content (AvgIpc) is 3.33. The fraction of sp³-hybridized carbons (Fsp3) is 0.458. The molecule has 4 rings (SSSR count). The van der Waals surface area contributed by atoms with E-state index in [0.29, 0.717) is 49.7 Å². The largest absolute Gasteiger partial charge is 0.490 e. The molecule has 7 nitrogen and oxygen atoms in total. The molecule has 0 radical (unpaired) electrons. The highest BCUT2D eigenvalue weighted by Gasteiger charge is 2.29. The summed E-state index contributed by atoms with van der Waals surface area (Å²) < 4.78 is 11.5. The van der Waals surface area contributed by atoms with Gasteiger partial charge in [0.1, 0.15) is 18.2 Å². The Balaban J connectivity index is 1.33. The molecule has 31 heavy (non-hydrogen) atoms. The van der Waals surface area contributed by atoms with Crippen LogP contribution in [0.2, 0.25) is 0 Å². The fourth-order valence-electron chi connectivity index (χ4n) is 4.08. The summed E-state index contributed by atoms with van der Waals surface area (Å²) in [6.07, 6.45) is 5.06. The lowest BCUT2D eigenvalue weighted by atomic mass is 9.95. The number of likely N-dealkylation sites (tertiary alicyclic amines) is 1.